The SMILES string of the molecule is [NH-][C@H]1CN[C@H](C(=O)O)C1.[Rb+]. The van der Waals surface area contributed by atoms with Crippen molar-refractivity contribution in [3.8, 4) is 0 Å². The number of aliphatic carboxylic acids is 1. The molecule has 5 heteroatoms. The van der Waals surface area contributed by atoms with Crippen LogP contribution in [0.15, 0.2) is 0 Å². The average Bonchev–Trinajstić information content (AvgIpc) is 2.14. The Balaban J connectivity index is 0.000000810. The van der Waals surface area contributed by atoms with Crippen molar-refractivity contribution >= 4 is 5.97 Å². The van der Waals surface area contributed by atoms with Gasteiger partial charge in [-0.2, -0.15) is 0 Å². The molecule has 4 nitrogen and oxygen atoms in total. The number of rotatable bonds is 1. The minimum Gasteiger partial charge on any atom is -0.674 e. The van der Waals surface area contributed by atoms with Gasteiger partial charge in [0.1, 0.15) is 6.04 Å². The van der Waals surface area contributed by atoms with Gasteiger partial charge in [-0.1, -0.05) is 0 Å². The van der Waals surface area contributed by atoms with Gasteiger partial charge < -0.3 is 16.2 Å². The molecule has 52 valence electrons. The van der Waals surface area contributed by atoms with Crippen molar-refractivity contribution in [2.75, 3.05) is 6.54 Å². The molecular formula is C5H9N2O2Rb. The minimum absolute atomic E-state index is 0. The van der Waals surface area contributed by atoms with Crippen molar-refractivity contribution in [3.05, 3.63) is 5.73 Å². The van der Waals surface area contributed by atoms with Gasteiger partial charge in [-0.15, -0.1) is 6.04 Å². The molecule has 0 aromatic heterocycles. The number of hydrogen-bond acceptors (Lipinski definition) is 2. The number of carbonyl (C=O) groups is 1. The third-order valence-corrected chi connectivity index (χ3v) is 1.43. The fourth-order valence-corrected chi connectivity index (χ4v) is 0.924. The van der Waals surface area contributed by atoms with E-state index in [2.05, 4.69) is 5.32 Å². The van der Waals surface area contributed by atoms with E-state index in [1.54, 1.807) is 0 Å². The molecule has 1 aliphatic heterocycles. The predicted octanol–water partition coefficient (Wildman–Crippen LogP) is -3.14. The van der Waals surface area contributed by atoms with Gasteiger partial charge in [0.05, 0.1) is 0 Å². The van der Waals surface area contributed by atoms with E-state index in [1.807, 2.05) is 0 Å². The molecule has 0 unspecified atom stereocenters. The summed E-state index contributed by atoms with van der Waals surface area (Å²) in [6.45, 7) is 0.511. The average molecular weight is 215 g/mol. The van der Waals surface area contributed by atoms with Gasteiger partial charge in [-0.25, -0.2) is 0 Å². The summed E-state index contributed by atoms with van der Waals surface area (Å²) in [6.07, 6.45) is 0.440. The molecule has 1 rings (SSSR count). The third kappa shape index (κ3) is 3.06. The van der Waals surface area contributed by atoms with Crippen LogP contribution in [0.25, 0.3) is 5.73 Å². The molecule has 0 aromatic rings. The van der Waals surface area contributed by atoms with E-state index >= 15 is 0 Å². The normalized spacial score (nSPS) is 31.3. The molecule has 0 bridgehead atoms. The van der Waals surface area contributed by atoms with E-state index in [4.69, 9.17) is 10.8 Å². The van der Waals surface area contributed by atoms with Crippen molar-refractivity contribution in [2.24, 2.45) is 0 Å². The summed E-state index contributed by atoms with van der Waals surface area (Å²) >= 11 is 0. The second-order valence-corrected chi connectivity index (χ2v) is 2.23. The smallest absolute Gasteiger partial charge is 0.674 e. The number of carboxylic acids is 1. The molecule has 0 amide bonds. The second-order valence-electron chi connectivity index (χ2n) is 2.23. The van der Waals surface area contributed by atoms with Crippen molar-refractivity contribution in [3.63, 3.8) is 0 Å². The minimum atomic E-state index is -0.843. The molecular weight excluding hydrogens is 206 g/mol. The van der Waals surface area contributed by atoms with Gasteiger partial charge in [0.15, 0.2) is 0 Å². The first-order valence-electron chi connectivity index (χ1n) is 2.87. The Labute approximate surface area is 108 Å². The first-order chi connectivity index (χ1) is 4.20. The molecule has 0 saturated carbocycles. The van der Waals surface area contributed by atoms with E-state index in [-0.39, 0.29) is 64.2 Å². The predicted molar refractivity (Wildman–Crippen MR) is 32.2 cm³/mol. The van der Waals surface area contributed by atoms with Crippen LogP contribution in [0.3, 0.4) is 0 Å². The van der Waals surface area contributed by atoms with Crippen molar-refractivity contribution in [1.82, 2.24) is 5.32 Å². The van der Waals surface area contributed by atoms with E-state index in [0.29, 0.717) is 13.0 Å². The summed E-state index contributed by atoms with van der Waals surface area (Å²) in [6, 6.07) is -0.710. The molecule has 0 aromatic carbocycles. The van der Waals surface area contributed by atoms with Crippen LogP contribution in [0.2, 0.25) is 0 Å². The number of hydrogen-bond donors (Lipinski definition) is 2. The molecule has 1 aliphatic rings. The zero-order valence-corrected chi connectivity index (χ0v) is 10.8. The van der Waals surface area contributed by atoms with Gasteiger partial charge in [0.2, 0.25) is 0 Å². The fourth-order valence-electron chi connectivity index (χ4n) is 0.924. The molecule has 3 N–H and O–H groups in total. The molecule has 1 fully saturated rings. The fraction of sp³-hybridized carbons (Fsp3) is 0.800. The Morgan fingerprint density at radius 1 is 1.70 bits per heavy atom. The van der Waals surface area contributed by atoms with E-state index in [1.165, 1.54) is 0 Å². The van der Waals surface area contributed by atoms with Gasteiger partial charge in [0.25, 0.3) is 0 Å². The van der Waals surface area contributed by atoms with Crippen LogP contribution < -0.4 is 63.5 Å². The van der Waals surface area contributed by atoms with Gasteiger partial charge >= 0.3 is 64.2 Å². The summed E-state index contributed by atoms with van der Waals surface area (Å²) in [7, 11) is 0. The van der Waals surface area contributed by atoms with Crippen LogP contribution in [0.5, 0.6) is 0 Å². The second kappa shape index (κ2) is 4.95. The van der Waals surface area contributed by atoms with Gasteiger partial charge in [0, 0.05) is 0 Å². The van der Waals surface area contributed by atoms with Crippen LogP contribution in [0, 0.1) is 0 Å². The van der Waals surface area contributed by atoms with Crippen molar-refractivity contribution in [2.45, 2.75) is 18.5 Å². The van der Waals surface area contributed by atoms with Crippen LogP contribution in [0.4, 0.5) is 0 Å². The van der Waals surface area contributed by atoms with E-state index in [9.17, 15) is 4.79 Å². The molecule has 10 heavy (non-hydrogen) atoms. The van der Waals surface area contributed by atoms with Crippen molar-refractivity contribution in [1.29, 1.82) is 0 Å². The van der Waals surface area contributed by atoms with Crippen LogP contribution in [0.1, 0.15) is 6.42 Å². The van der Waals surface area contributed by atoms with Crippen LogP contribution in [-0.4, -0.2) is 29.7 Å². The standard InChI is InChI=1S/C5H9N2O2.Rb/c6-3-1-4(5(8)9)7-2-3;/h3-4,6-7H,1-2H2,(H,8,9);/q-1;+1/t3-,4+;/m1./s1. The van der Waals surface area contributed by atoms with Gasteiger partial charge in [-0.05, 0) is 13.0 Å². The van der Waals surface area contributed by atoms with E-state index in [0.717, 1.165) is 0 Å². The van der Waals surface area contributed by atoms with Crippen molar-refractivity contribution < 1.29 is 68.1 Å². The zero-order valence-electron chi connectivity index (χ0n) is 5.92. The Morgan fingerprint density at radius 3 is 2.50 bits per heavy atom. The summed E-state index contributed by atoms with van der Waals surface area (Å²) < 4.78 is 0. The third-order valence-electron chi connectivity index (χ3n) is 1.43. The first kappa shape index (κ1) is 11.2. The van der Waals surface area contributed by atoms with Crippen LogP contribution >= 0.6 is 0 Å². The summed E-state index contributed by atoms with van der Waals surface area (Å²) in [5.41, 5.74) is 7.13. The molecule has 1 heterocycles. The monoisotopic (exact) mass is 214 g/mol. The molecule has 1 saturated heterocycles. The van der Waals surface area contributed by atoms with E-state index < -0.39 is 12.0 Å². The summed E-state index contributed by atoms with van der Waals surface area (Å²) in [4.78, 5) is 10.2. The Bertz CT molecular complexity index is 131. The molecule has 0 radical (unpaired) electrons. The van der Waals surface area contributed by atoms with Crippen LogP contribution in [-0.2, 0) is 4.79 Å². The maximum absolute atomic E-state index is 10.2. The Morgan fingerprint density at radius 2 is 2.30 bits per heavy atom. The molecule has 0 spiro atoms. The summed E-state index contributed by atoms with van der Waals surface area (Å²) in [5, 5.41) is 11.1. The topological polar surface area (TPSA) is 73.1 Å². The Hall–Kier alpha value is 1.20. The zero-order chi connectivity index (χ0) is 6.85. The summed E-state index contributed by atoms with van der Waals surface area (Å²) in [5.74, 6) is -0.843. The number of carboxylic acid groups (broad SMARTS) is 1. The first-order valence-corrected chi connectivity index (χ1v) is 2.87. The largest absolute Gasteiger partial charge is 1.00 e. The maximum Gasteiger partial charge on any atom is 1.00 e. The Kier molecular flexibility index (Phi) is 5.54. The molecule has 0 aliphatic carbocycles. The maximum atomic E-state index is 10.2. The molecule has 2 atom stereocenters. The number of nitrogens with one attached hydrogen (secondary N) is 2. The quantitative estimate of drug-likeness (QED) is 0.485. The van der Waals surface area contributed by atoms with Gasteiger partial charge in [-0.3, -0.25) is 4.79 Å².